The molecular formula is C22H32N4O3. The summed E-state index contributed by atoms with van der Waals surface area (Å²) in [5, 5.41) is 8.72. The molecule has 0 radical (unpaired) electrons. The van der Waals surface area contributed by atoms with E-state index in [1.54, 1.807) is 11.1 Å². The number of hydrogen-bond acceptors (Lipinski definition) is 5. The third-order valence-electron chi connectivity index (χ3n) is 4.85. The zero-order valence-electron chi connectivity index (χ0n) is 18.3. The molecule has 0 spiro atoms. The number of likely N-dealkylation sites (tertiary alicyclic amines) is 1. The molecule has 3 rings (SSSR count). The van der Waals surface area contributed by atoms with Crippen LogP contribution in [-0.2, 0) is 4.74 Å². The minimum atomic E-state index is -0.497. The number of ether oxygens (including phenoxy) is 1. The first-order valence-corrected chi connectivity index (χ1v) is 10.2. The van der Waals surface area contributed by atoms with Gasteiger partial charge < -0.3 is 15.0 Å². The van der Waals surface area contributed by atoms with Gasteiger partial charge in [0.15, 0.2) is 0 Å². The highest BCUT2D eigenvalue weighted by atomic mass is 16.6. The van der Waals surface area contributed by atoms with E-state index in [9.17, 15) is 9.59 Å². The topological polar surface area (TPSA) is 76.5 Å². The van der Waals surface area contributed by atoms with Crippen LogP contribution in [-0.4, -0.2) is 51.4 Å². The largest absolute Gasteiger partial charge is 0.444 e. The quantitative estimate of drug-likeness (QED) is 0.801. The maximum Gasteiger partial charge on any atom is 0.410 e. The zero-order valence-corrected chi connectivity index (χ0v) is 18.3. The standard InChI is InChI=1S/C22H32N4O3/c1-21(2,3)19(27)26-18-10-9-16(12-15(18)13-23-26)24-17-8-7-11-25(14-17)20(28)29-22(4,5)6/h9-10,12-13,17,24H,7-8,11,14H2,1-6H3. The predicted octanol–water partition coefficient (Wildman–Crippen LogP) is 4.53. The number of piperidine rings is 1. The van der Waals surface area contributed by atoms with Crippen LogP contribution in [0.2, 0.25) is 0 Å². The Bertz CT molecular complexity index is 905. The van der Waals surface area contributed by atoms with Crippen molar-refractivity contribution in [1.82, 2.24) is 14.7 Å². The van der Waals surface area contributed by atoms with Crippen LogP contribution in [0.1, 0.15) is 59.2 Å². The number of rotatable bonds is 2. The fourth-order valence-electron chi connectivity index (χ4n) is 3.43. The van der Waals surface area contributed by atoms with Gasteiger partial charge in [0, 0.05) is 35.6 Å². The molecule has 1 aliphatic heterocycles. The van der Waals surface area contributed by atoms with E-state index in [4.69, 9.17) is 4.74 Å². The fourth-order valence-corrected chi connectivity index (χ4v) is 3.43. The van der Waals surface area contributed by atoms with E-state index in [1.165, 1.54) is 4.68 Å². The molecule has 2 aromatic rings. The average molecular weight is 401 g/mol. The summed E-state index contributed by atoms with van der Waals surface area (Å²) in [7, 11) is 0. The summed E-state index contributed by atoms with van der Waals surface area (Å²) in [6.07, 6.45) is 3.37. The summed E-state index contributed by atoms with van der Waals surface area (Å²) in [6, 6.07) is 6.03. The molecule has 1 amide bonds. The summed E-state index contributed by atoms with van der Waals surface area (Å²) in [5.74, 6) is -0.0338. The van der Waals surface area contributed by atoms with Gasteiger partial charge in [-0.25, -0.2) is 4.79 Å². The first-order chi connectivity index (χ1) is 13.4. The van der Waals surface area contributed by atoms with Crippen LogP contribution in [0.5, 0.6) is 0 Å². The van der Waals surface area contributed by atoms with Gasteiger partial charge in [-0.3, -0.25) is 4.79 Å². The van der Waals surface area contributed by atoms with Crippen molar-refractivity contribution in [2.45, 2.75) is 66.0 Å². The number of fused-ring (bicyclic) bond motifs is 1. The molecule has 1 aromatic carbocycles. The third kappa shape index (κ3) is 5.08. The van der Waals surface area contributed by atoms with Gasteiger partial charge in [-0.2, -0.15) is 9.78 Å². The number of carbonyl (C=O) groups is 2. The van der Waals surface area contributed by atoms with Gasteiger partial charge in [0.25, 0.3) is 5.91 Å². The first-order valence-electron chi connectivity index (χ1n) is 10.2. The fraction of sp³-hybridized carbons (Fsp3) is 0.591. The highest BCUT2D eigenvalue weighted by Gasteiger charge is 2.28. The zero-order chi connectivity index (χ0) is 21.4. The SMILES string of the molecule is CC(C)(C)OC(=O)N1CCCC(Nc2ccc3c(cnn3C(=O)C(C)(C)C)c2)C1. The number of amides is 1. The van der Waals surface area contributed by atoms with E-state index in [0.29, 0.717) is 13.1 Å². The van der Waals surface area contributed by atoms with Crippen molar-refractivity contribution in [2.75, 3.05) is 18.4 Å². The summed E-state index contributed by atoms with van der Waals surface area (Å²) >= 11 is 0. The normalized spacial score (nSPS) is 18.0. The Morgan fingerprint density at radius 2 is 1.90 bits per heavy atom. The van der Waals surface area contributed by atoms with Crippen LogP contribution in [0.15, 0.2) is 24.4 Å². The number of benzene rings is 1. The number of carbonyl (C=O) groups excluding carboxylic acids is 2. The maximum atomic E-state index is 12.6. The van der Waals surface area contributed by atoms with E-state index < -0.39 is 11.0 Å². The Balaban J connectivity index is 1.70. The van der Waals surface area contributed by atoms with Crippen LogP contribution >= 0.6 is 0 Å². The first kappa shape index (κ1) is 21.1. The van der Waals surface area contributed by atoms with Crippen molar-refractivity contribution in [3.8, 4) is 0 Å². The molecule has 1 saturated heterocycles. The van der Waals surface area contributed by atoms with Gasteiger partial charge in [-0.1, -0.05) is 20.8 Å². The molecule has 0 aliphatic carbocycles. The maximum absolute atomic E-state index is 12.6. The van der Waals surface area contributed by atoms with Crippen LogP contribution < -0.4 is 5.32 Å². The molecule has 1 fully saturated rings. The van der Waals surface area contributed by atoms with Crippen LogP contribution in [0.4, 0.5) is 10.5 Å². The Kier molecular flexibility index (Phi) is 5.61. The van der Waals surface area contributed by atoms with Gasteiger partial charge in [-0.05, 0) is 51.8 Å². The van der Waals surface area contributed by atoms with Gasteiger partial charge >= 0.3 is 6.09 Å². The summed E-state index contributed by atoms with van der Waals surface area (Å²) < 4.78 is 6.98. The summed E-state index contributed by atoms with van der Waals surface area (Å²) in [6.45, 7) is 12.6. The minimum Gasteiger partial charge on any atom is -0.444 e. The van der Waals surface area contributed by atoms with Gasteiger partial charge in [-0.15, -0.1) is 0 Å². The highest BCUT2D eigenvalue weighted by Crippen LogP contribution is 2.25. The van der Waals surface area contributed by atoms with Crippen molar-refractivity contribution >= 4 is 28.6 Å². The van der Waals surface area contributed by atoms with Gasteiger partial charge in [0.05, 0.1) is 11.7 Å². The second kappa shape index (κ2) is 7.69. The summed E-state index contributed by atoms with van der Waals surface area (Å²) in [5.41, 5.74) is 0.766. The molecule has 1 aliphatic rings. The lowest BCUT2D eigenvalue weighted by atomic mass is 9.96. The van der Waals surface area contributed by atoms with E-state index in [2.05, 4.69) is 10.4 Å². The van der Waals surface area contributed by atoms with Crippen molar-refractivity contribution in [3.05, 3.63) is 24.4 Å². The van der Waals surface area contributed by atoms with Gasteiger partial charge in [0.1, 0.15) is 5.60 Å². The predicted molar refractivity (Wildman–Crippen MR) is 114 cm³/mol. The molecule has 0 saturated carbocycles. The van der Waals surface area contributed by atoms with Gasteiger partial charge in [0.2, 0.25) is 0 Å². The molecule has 7 nitrogen and oxygen atoms in total. The van der Waals surface area contributed by atoms with E-state index in [0.717, 1.165) is 29.4 Å². The smallest absolute Gasteiger partial charge is 0.410 e. The van der Waals surface area contributed by atoms with Crippen molar-refractivity contribution in [1.29, 1.82) is 0 Å². The van der Waals surface area contributed by atoms with Crippen LogP contribution in [0.3, 0.4) is 0 Å². The second-order valence-electron chi connectivity index (χ2n) is 9.79. The molecule has 0 bridgehead atoms. The molecule has 29 heavy (non-hydrogen) atoms. The Labute approximate surface area is 172 Å². The molecular weight excluding hydrogens is 368 g/mol. The Morgan fingerprint density at radius 3 is 2.55 bits per heavy atom. The van der Waals surface area contributed by atoms with Crippen molar-refractivity contribution in [2.24, 2.45) is 5.41 Å². The Hall–Kier alpha value is -2.57. The number of nitrogens with zero attached hydrogens (tertiary/aromatic N) is 3. The number of nitrogens with one attached hydrogen (secondary N) is 1. The Morgan fingerprint density at radius 1 is 1.17 bits per heavy atom. The average Bonchev–Trinajstić information content (AvgIpc) is 3.02. The van der Waals surface area contributed by atoms with E-state index in [1.807, 2.05) is 59.7 Å². The lowest BCUT2D eigenvalue weighted by Gasteiger charge is -2.34. The number of hydrogen-bond donors (Lipinski definition) is 1. The molecule has 158 valence electrons. The summed E-state index contributed by atoms with van der Waals surface area (Å²) in [4.78, 5) is 26.7. The number of anilines is 1. The molecule has 1 N–H and O–H groups in total. The molecule has 1 unspecified atom stereocenters. The molecule has 7 heteroatoms. The lowest BCUT2D eigenvalue weighted by Crippen LogP contribution is -2.46. The molecule has 1 aromatic heterocycles. The second-order valence-corrected chi connectivity index (χ2v) is 9.79. The molecule has 1 atom stereocenters. The van der Waals surface area contributed by atoms with Crippen molar-refractivity contribution in [3.63, 3.8) is 0 Å². The van der Waals surface area contributed by atoms with Crippen LogP contribution in [0, 0.1) is 5.41 Å². The van der Waals surface area contributed by atoms with E-state index >= 15 is 0 Å². The third-order valence-corrected chi connectivity index (χ3v) is 4.85. The monoisotopic (exact) mass is 400 g/mol. The lowest BCUT2D eigenvalue weighted by molar-refractivity contribution is 0.0206. The minimum absolute atomic E-state index is 0.0338. The molecule has 2 heterocycles. The highest BCUT2D eigenvalue weighted by molar-refractivity contribution is 5.94. The van der Waals surface area contributed by atoms with Crippen molar-refractivity contribution < 1.29 is 14.3 Å². The van der Waals surface area contributed by atoms with E-state index in [-0.39, 0.29) is 18.0 Å². The number of aromatic nitrogens is 2. The van der Waals surface area contributed by atoms with Crippen LogP contribution in [0.25, 0.3) is 10.9 Å².